The predicted octanol–water partition coefficient (Wildman–Crippen LogP) is 2.88. The Labute approximate surface area is 139 Å². The lowest BCUT2D eigenvalue weighted by Gasteiger charge is -2.07. The second-order valence-electron chi connectivity index (χ2n) is 5.07. The van der Waals surface area contributed by atoms with Crippen LogP contribution in [-0.2, 0) is 6.18 Å². The van der Waals surface area contributed by atoms with Crippen molar-refractivity contribution in [2.45, 2.75) is 18.3 Å². The molecule has 1 aromatic heterocycles. The maximum Gasteiger partial charge on any atom is 0.416 e. The first kappa shape index (κ1) is 16.6. The molecule has 1 saturated heterocycles. The zero-order valence-corrected chi connectivity index (χ0v) is 12.9. The Morgan fingerprint density at radius 3 is 2.83 bits per heavy atom. The lowest BCUT2D eigenvalue weighted by atomic mass is 10.1. The molecule has 1 aliphatic heterocycles. The van der Waals surface area contributed by atoms with Crippen LogP contribution in [0.15, 0.2) is 29.6 Å². The fourth-order valence-corrected chi connectivity index (χ4v) is 2.97. The minimum Gasteiger partial charge on any atom is -0.240 e. The molecule has 1 fully saturated rings. The number of hydrogen-bond donors (Lipinski definition) is 3. The number of hydrazine groups is 2. The molecule has 1 aromatic carbocycles. The van der Waals surface area contributed by atoms with Crippen molar-refractivity contribution in [3.05, 3.63) is 51.5 Å². The van der Waals surface area contributed by atoms with Crippen molar-refractivity contribution < 1.29 is 13.2 Å². The Morgan fingerprint density at radius 2 is 2.08 bits per heavy atom. The van der Waals surface area contributed by atoms with E-state index in [2.05, 4.69) is 27.4 Å². The molecule has 2 heterocycles. The number of hydrogen-bond acceptors (Lipinski definition) is 6. The van der Waals surface area contributed by atoms with E-state index in [-0.39, 0.29) is 6.04 Å². The minimum absolute atomic E-state index is 0.290. The third-order valence-electron chi connectivity index (χ3n) is 3.42. The fraction of sp³-hybridized carbons (Fsp3) is 0.200. The molecule has 24 heavy (non-hydrogen) atoms. The second kappa shape index (κ2) is 6.70. The molecule has 3 N–H and O–H groups in total. The summed E-state index contributed by atoms with van der Waals surface area (Å²) in [6, 6.07) is 6.45. The number of aromatic nitrogens is 1. The number of alkyl halides is 3. The molecular formula is C15H12F3N5S. The number of nitrogens with one attached hydrogen (secondary N) is 3. The van der Waals surface area contributed by atoms with Crippen molar-refractivity contribution in [1.82, 2.24) is 21.4 Å². The van der Waals surface area contributed by atoms with E-state index in [1.54, 1.807) is 18.2 Å². The van der Waals surface area contributed by atoms with Crippen molar-refractivity contribution in [1.29, 1.82) is 5.26 Å². The van der Waals surface area contributed by atoms with Crippen LogP contribution >= 0.6 is 11.3 Å². The summed E-state index contributed by atoms with van der Waals surface area (Å²) in [4.78, 5) is 4.39. The van der Waals surface area contributed by atoms with Gasteiger partial charge in [0.2, 0.25) is 0 Å². The van der Waals surface area contributed by atoms with E-state index < -0.39 is 17.8 Å². The zero-order valence-electron chi connectivity index (χ0n) is 12.1. The van der Waals surface area contributed by atoms with Crippen LogP contribution in [-0.4, -0.2) is 11.0 Å². The van der Waals surface area contributed by atoms with E-state index in [0.717, 1.165) is 12.1 Å². The molecular weight excluding hydrogens is 339 g/mol. The fourth-order valence-electron chi connectivity index (χ4n) is 2.22. The summed E-state index contributed by atoms with van der Waals surface area (Å²) >= 11 is 1.35. The van der Waals surface area contributed by atoms with Crippen LogP contribution in [0.4, 0.5) is 13.2 Å². The molecule has 124 valence electrons. The SMILES string of the molecule is N#CC1NNNC1c1csc(/C=C/c2cccc(C(F)(F)F)c2)n1. The minimum atomic E-state index is -4.36. The maximum absolute atomic E-state index is 12.7. The molecule has 0 spiro atoms. The van der Waals surface area contributed by atoms with Crippen LogP contribution in [0.25, 0.3) is 12.2 Å². The first-order valence-electron chi connectivity index (χ1n) is 6.94. The first-order valence-corrected chi connectivity index (χ1v) is 7.82. The van der Waals surface area contributed by atoms with Gasteiger partial charge in [-0.3, -0.25) is 0 Å². The normalized spacial score (nSPS) is 21.2. The third kappa shape index (κ3) is 3.63. The average Bonchev–Trinajstić information content (AvgIpc) is 3.21. The van der Waals surface area contributed by atoms with Crippen LogP contribution in [0.3, 0.4) is 0 Å². The van der Waals surface area contributed by atoms with Crippen LogP contribution in [0, 0.1) is 11.3 Å². The summed E-state index contributed by atoms with van der Waals surface area (Å²) in [6.07, 6.45) is -1.13. The van der Waals surface area contributed by atoms with Crippen LogP contribution < -0.4 is 16.4 Å². The average molecular weight is 351 g/mol. The van der Waals surface area contributed by atoms with Gasteiger partial charge in [-0.2, -0.15) is 24.0 Å². The molecule has 3 rings (SSSR count). The quantitative estimate of drug-likeness (QED) is 0.793. The number of halogens is 3. The van der Waals surface area contributed by atoms with Crippen LogP contribution in [0.1, 0.15) is 27.9 Å². The van der Waals surface area contributed by atoms with Crippen LogP contribution in [0.5, 0.6) is 0 Å². The third-order valence-corrected chi connectivity index (χ3v) is 4.25. The molecule has 0 saturated carbocycles. The van der Waals surface area contributed by atoms with E-state index in [0.29, 0.717) is 16.3 Å². The van der Waals surface area contributed by atoms with E-state index in [1.807, 2.05) is 5.38 Å². The van der Waals surface area contributed by atoms with Gasteiger partial charge in [-0.15, -0.1) is 11.3 Å². The lowest BCUT2D eigenvalue weighted by Crippen LogP contribution is -2.32. The summed E-state index contributed by atoms with van der Waals surface area (Å²) in [5.74, 6) is 0. The Kier molecular flexibility index (Phi) is 4.64. The van der Waals surface area contributed by atoms with Gasteiger partial charge in [0, 0.05) is 5.38 Å². The van der Waals surface area contributed by atoms with E-state index in [1.165, 1.54) is 17.4 Å². The monoisotopic (exact) mass is 351 g/mol. The van der Waals surface area contributed by atoms with Crippen molar-refractivity contribution in [2.75, 3.05) is 0 Å². The van der Waals surface area contributed by atoms with Crippen LogP contribution in [0.2, 0.25) is 0 Å². The van der Waals surface area contributed by atoms with Gasteiger partial charge >= 0.3 is 6.18 Å². The van der Waals surface area contributed by atoms with E-state index in [4.69, 9.17) is 5.26 Å². The summed E-state index contributed by atoms with van der Waals surface area (Å²) in [7, 11) is 0. The summed E-state index contributed by atoms with van der Waals surface area (Å²) in [6.45, 7) is 0. The highest BCUT2D eigenvalue weighted by Crippen LogP contribution is 2.30. The number of nitrogens with zero attached hydrogens (tertiary/aromatic N) is 2. The summed E-state index contributed by atoms with van der Waals surface area (Å²) < 4.78 is 38.1. The molecule has 2 atom stereocenters. The summed E-state index contributed by atoms with van der Waals surface area (Å²) in [5.41, 5.74) is 8.78. The smallest absolute Gasteiger partial charge is 0.240 e. The van der Waals surface area contributed by atoms with Gasteiger partial charge in [0.05, 0.1) is 23.4 Å². The molecule has 0 bridgehead atoms. The van der Waals surface area contributed by atoms with E-state index >= 15 is 0 Å². The molecule has 5 nitrogen and oxygen atoms in total. The maximum atomic E-state index is 12.7. The highest BCUT2D eigenvalue weighted by molar-refractivity contribution is 7.10. The Morgan fingerprint density at radius 1 is 1.25 bits per heavy atom. The molecule has 1 aliphatic rings. The predicted molar refractivity (Wildman–Crippen MR) is 84.0 cm³/mol. The molecule has 2 unspecified atom stereocenters. The van der Waals surface area contributed by atoms with Gasteiger partial charge in [-0.1, -0.05) is 18.2 Å². The first-order chi connectivity index (χ1) is 11.5. The Bertz CT molecular complexity index is 793. The van der Waals surface area contributed by atoms with Gasteiger partial charge in [-0.25, -0.2) is 15.8 Å². The zero-order chi connectivity index (χ0) is 17.2. The van der Waals surface area contributed by atoms with Gasteiger partial charge < -0.3 is 0 Å². The van der Waals surface area contributed by atoms with Gasteiger partial charge in [-0.05, 0) is 23.8 Å². The van der Waals surface area contributed by atoms with Gasteiger partial charge in [0.25, 0.3) is 0 Å². The molecule has 0 amide bonds. The number of thiazole rings is 1. The van der Waals surface area contributed by atoms with Crippen molar-refractivity contribution in [2.24, 2.45) is 0 Å². The Balaban J connectivity index is 1.75. The molecule has 0 aliphatic carbocycles. The second-order valence-corrected chi connectivity index (χ2v) is 5.95. The molecule has 9 heteroatoms. The highest BCUT2D eigenvalue weighted by Gasteiger charge is 2.30. The van der Waals surface area contributed by atoms with Gasteiger partial charge in [0.15, 0.2) is 0 Å². The Hall–Kier alpha value is -2.25. The molecule has 0 radical (unpaired) electrons. The number of benzene rings is 1. The van der Waals surface area contributed by atoms with Crippen molar-refractivity contribution >= 4 is 23.5 Å². The highest BCUT2D eigenvalue weighted by atomic mass is 32.1. The largest absolute Gasteiger partial charge is 0.416 e. The standard InChI is InChI=1S/C15H12F3N5S/c16-15(17,18)10-3-1-2-9(6-10)4-5-13-20-12(8-24-13)14-11(7-19)21-23-22-14/h1-6,8,11,14,21-23H/b5-4+. The number of rotatable bonds is 3. The topological polar surface area (TPSA) is 72.8 Å². The lowest BCUT2D eigenvalue weighted by molar-refractivity contribution is -0.137. The van der Waals surface area contributed by atoms with E-state index in [9.17, 15) is 13.2 Å². The van der Waals surface area contributed by atoms with Gasteiger partial charge in [0.1, 0.15) is 11.0 Å². The summed E-state index contributed by atoms with van der Waals surface area (Å²) in [5, 5.41) is 11.5. The van der Waals surface area contributed by atoms with Crippen molar-refractivity contribution in [3.63, 3.8) is 0 Å². The van der Waals surface area contributed by atoms with Crippen molar-refractivity contribution in [3.8, 4) is 6.07 Å². The number of nitriles is 1. The molecule has 2 aromatic rings.